The number of aromatic nitrogens is 1. The fourth-order valence-corrected chi connectivity index (χ4v) is 4.54. The van der Waals surface area contributed by atoms with Gasteiger partial charge >= 0.3 is 0 Å². The Morgan fingerprint density at radius 3 is 2.46 bits per heavy atom. The zero-order chi connectivity index (χ0) is 17.3. The zero-order valence-electron chi connectivity index (χ0n) is 15.1. The van der Waals surface area contributed by atoms with E-state index in [1.165, 1.54) is 49.2 Å². The summed E-state index contributed by atoms with van der Waals surface area (Å²) in [6.07, 6.45) is 6.42. The van der Waals surface area contributed by atoms with E-state index in [4.69, 9.17) is 9.47 Å². The van der Waals surface area contributed by atoms with E-state index in [9.17, 15) is 0 Å². The van der Waals surface area contributed by atoms with Crippen LogP contribution in [0.25, 0.3) is 0 Å². The Labute approximate surface area is 154 Å². The number of hydrogen-bond acceptors (Lipinski definition) is 5. The molecule has 0 radical (unpaired) electrons. The highest BCUT2D eigenvalue weighted by Crippen LogP contribution is 2.38. The number of nitrogens with zero attached hydrogens (tertiary/aromatic N) is 3. The van der Waals surface area contributed by atoms with E-state index in [1.807, 2.05) is 12.4 Å². The van der Waals surface area contributed by atoms with Crippen LogP contribution in [0.4, 0.5) is 0 Å². The van der Waals surface area contributed by atoms with Crippen molar-refractivity contribution in [1.29, 1.82) is 0 Å². The van der Waals surface area contributed by atoms with Crippen LogP contribution in [-0.4, -0.2) is 41.2 Å². The number of piperidine rings is 1. The van der Waals surface area contributed by atoms with Gasteiger partial charge in [0.05, 0.1) is 0 Å². The van der Waals surface area contributed by atoms with Crippen molar-refractivity contribution in [3.05, 3.63) is 53.3 Å². The van der Waals surface area contributed by atoms with Crippen LogP contribution < -0.4 is 9.47 Å². The third-order valence-electron chi connectivity index (χ3n) is 5.76. The molecule has 1 aromatic carbocycles. The minimum absolute atomic E-state index is 0.358. The van der Waals surface area contributed by atoms with Gasteiger partial charge in [0, 0.05) is 45.1 Å². The van der Waals surface area contributed by atoms with E-state index in [1.54, 1.807) is 0 Å². The van der Waals surface area contributed by atoms with Gasteiger partial charge in [-0.25, -0.2) is 0 Å². The molecule has 1 unspecified atom stereocenters. The van der Waals surface area contributed by atoms with E-state index >= 15 is 0 Å². The molecule has 1 atom stereocenters. The summed E-state index contributed by atoms with van der Waals surface area (Å²) in [4.78, 5) is 9.31. The second-order valence-corrected chi connectivity index (χ2v) is 7.74. The SMILES string of the molecule is c1cc(CN2CCCC(CN3Cc4cc5c(cc4C3)OCO5)C2)ccn1. The number of pyridine rings is 1. The van der Waals surface area contributed by atoms with E-state index in [0.717, 1.165) is 37.1 Å². The first kappa shape index (κ1) is 16.1. The van der Waals surface area contributed by atoms with Gasteiger partial charge in [-0.15, -0.1) is 0 Å². The van der Waals surface area contributed by atoms with Crippen LogP contribution >= 0.6 is 0 Å². The lowest BCUT2D eigenvalue weighted by Crippen LogP contribution is -2.39. The van der Waals surface area contributed by atoms with Crippen molar-refractivity contribution >= 4 is 0 Å². The summed E-state index contributed by atoms with van der Waals surface area (Å²) >= 11 is 0. The molecule has 0 spiro atoms. The van der Waals surface area contributed by atoms with Gasteiger partial charge in [-0.1, -0.05) is 0 Å². The number of fused-ring (bicyclic) bond motifs is 2. The molecule has 2 aromatic rings. The van der Waals surface area contributed by atoms with E-state index < -0.39 is 0 Å². The molecule has 3 aliphatic rings. The highest BCUT2D eigenvalue weighted by Gasteiger charge is 2.28. The zero-order valence-corrected chi connectivity index (χ0v) is 15.1. The van der Waals surface area contributed by atoms with Crippen molar-refractivity contribution in [2.24, 2.45) is 5.92 Å². The lowest BCUT2D eigenvalue weighted by molar-refractivity contribution is 0.127. The number of rotatable bonds is 4. The third-order valence-corrected chi connectivity index (χ3v) is 5.76. The molecule has 5 rings (SSSR count). The van der Waals surface area contributed by atoms with Crippen molar-refractivity contribution in [2.45, 2.75) is 32.5 Å². The molecule has 136 valence electrons. The van der Waals surface area contributed by atoms with E-state index in [2.05, 4.69) is 39.0 Å². The summed E-state index contributed by atoms with van der Waals surface area (Å²) in [6.45, 7) is 7.05. The van der Waals surface area contributed by atoms with Crippen molar-refractivity contribution in [3.63, 3.8) is 0 Å². The molecule has 0 bridgehead atoms. The van der Waals surface area contributed by atoms with Crippen LogP contribution in [0.1, 0.15) is 29.5 Å². The predicted octanol–water partition coefficient (Wildman–Crippen LogP) is 3.04. The number of hydrogen-bond donors (Lipinski definition) is 0. The number of benzene rings is 1. The Balaban J connectivity index is 1.19. The molecule has 26 heavy (non-hydrogen) atoms. The Bertz CT molecular complexity index is 747. The molecule has 5 nitrogen and oxygen atoms in total. The van der Waals surface area contributed by atoms with Gasteiger partial charge < -0.3 is 9.47 Å². The summed E-state index contributed by atoms with van der Waals surface area (Å²) in [5, 5.41) is 0. The summed E-state index contributed by atoms with van der Waals surface area (Å²) in [5.41, 5.74) is 4.17. The minimum Gasteiger partial charge on any atom is -0.454 e. The average Bonchev–Trinajstić information content (AvgIpc) is 3.26. The second kappa shape index (κ2) is 6.89. The van der Waals surface area contributed by atoms with Gasteiger partial charge in [0.2, 0.25) is 6.79 Å². The van der Waals surface area contributed by atoms with Gasteiger partial charge in [0.15, 0.2) is 11.5 Å². The Morgan fingerprint density at radius 1 is 1.00 bits per heavy atom. The molecule has 1 saturated heterocycles. The average molecular weight is 351 g/mol. The normalized spacial score (nSPS) is 22.5. The smallest absolute Gasteiger partial charge is 0.231 e. The number of likely N-dealkylation sites (tertiary alicyclic amines) is 1. The maximum absolute atomic E-state index is 5.53. The lowest BCUT2D eigenvalue weighted by atomic mass is 9.97. The quantitative estimate of drug-likeness (QED) is 0.846. The fourth-order valence-electron chi connectivity index (χ4n) is 4.54. The number of ether oxygens (including phenoxy) is 2. The minimum atomic E-state index is 0.358. The van der Waals surface area contributed by atoms with Crippen molar-refractivity contribution in [2.75, 3.05) is 26.4 Å². The molecule has 1 fully saturated rings. The van der Waals surface area contributed by atoms with Gasteiger partial charge in [-0.2, -0.15) is 0 Å². The first-order valence-electron chi connectivity index (χ1n) is 9.58. The van der Waals surface area contributed by atoms with Crippen molar-refractivity contribution in [3.8, 4) is 11.5 Å². The monoisotopic (exact) mass is 351 g/mol. The second-order valence-electron chi connectivity index (χ2n) is 7.74. The van der Waals surface area contributed by atoms with Crippen LogP contribution in [0, 0.1) is 5.92 Å². The molecule has 4 heterocycles. The molecule has 0 aliphatic carbocycles. The highest BCUT2D eigenvalue weighted by atomic mass is 16.7. The summed E-state index contributed by atoms with van der Waals surface area (Å²) in [6, 6.07) is 8.61. The third kappa shape index (κ3) is 3.29. The van der Waals surface area contributed by atoms with Gasteiger partial charge in [0.1, 0.15) is 0 Å². The van der Waals surface area contributed by atoms with Crippen LogP contribution in [-0.2, 0) is 19.6 Å². The molecule has 3 aliphatic heterocycles. The van der Waals surface area contributed by atoms with Gasteiger partial charge in [-0.3, -0.25) is 14.8 Å². The molecule has 0 saturated carbocycles. The Morgan fingerprint density at radius 2 is 1.73 bits per heavy atom. The maximum atomic E-state index is 5.53. The van der Waals surface area contributed by atoms with Gasteiger partial charge in [-0.05, 0) is 66.3 Å². The van der Waals surface area contributed by atoms with Crippen LogP contribution in [0.5, 0.6) is 11.5 Å². The molecular formula is C21H25N3O2. The van der Waals surface area contributed by atoms with Crippen LogP contribution in [0.15, 0.2) is 36.7 Å². The van der Waals surface area contributed by atoms with E-state index in [0.29, 0.717) is 6.79 Å². The molecule has 0 N–H and O–H groups in total. The molecule has 5 heteroatoms. The van der Waals surface area contributed by atoms with Crippen LogP contribution in [0.3, 0.4) is 0 Å². The summed E-state index contributed by atoms with van der Waals surface area (Å²) in [5.74, 6) is 2.57. The van der Waals surface area contributed by atoms with E-state index in [-0.39, 0.29) is 0 Å². The van der Waals surface area contributed by atoms with Crippen molar-refractivity contribution in [1.82, 2.24) is 14.8 Å². The standard InChI is InChI=1S/C21H25N3O2/c1-2-17(11-23(7-1)10-16-3-5-22-6-4-16)12-24-13-18-8-20-21(26-15-25-20)9-19(18)14-24/h3-6,8-9,17H,1-2,7,10-15H2. The van der Waals surface area contributed by atoms with Gasteiger partial charge in [0.25, 0.3) is 0 Å². The van der Waals surface area contributed by atoms with Crippen LogP contribution in [0.2, 0.25) is 0 Å². The largest absolute Gasteiger partial charge is 0.454 e. The Hall–Kier alpha value is -2.11. The summed E-state index contributed by atoms with van der Waals surface area (Å²) < 4.78 is 11.1. The van der Waals surface area contributed by atoms with Crippen molar-refractivity contribution < 1.29 is 9.47 Å². The predicted molar refractivity (Wildman–Crippen MR) is 98.9 cm³/mol. The first-order valence-corrected chi connectivity index (χ1v) is 9.58. The maximum Gasteiger partial charge on any atom is 0.231 e. The molecular weight excluding hydrogens is 326 g/mol. The first-order chi connectivity index (χ1) is 12.8. The Kier molecular flexibility index (Phi) is 4.27. The molecule has 0 amide bonds. The topological polar surface area (TPSA) is 37.8 Å². The fraction of sp³-hybridized carbons (Fsp3) is 0.476. The molecule has 1 aromatic heterocycles. The highest BCUT2D eigenvalue weighted by molar-refractivity contribution is 5.49. The summed E-state index contributed by atoms with van der Waals surface area (Å²) in [7, 11) is 0. The lowest BCUT2D eigenvalue weighted by Gasteiger charge is -2.34.